The lowest BCUT2D eigenvalue weighted by Gasteiger charge is -2.37. The minimum absolute atomic E-state index is 0.0799. The molecule has 0 radical (unpaired) electrons. The Labute approximate surface area is 217 Å². The highest BCUT2D eigenvalue weighted by Gasteiger charge is 2.27. The van der Waals surface area contributed by atoms with Crippen molar-refractivity contribution in [3.05, 3.63) is 76.7 Å². The van der Waals surface area contributed by atoms with E-state index in [4.69, 9.17) is 5.73 Å². The lowest BCUT2D eigenvalue weighted by atomic mass is 9.89. The minimum atomic E-state index is 0.0799. The Morgan fingerprint density at radius 3 is 2.36 bits per heavy atom. The monoisotopic (exact) mass is 502 g/mol. The minimum Gasteiger partial charge on any atom is -0.398 e. The van der Waals surface area contributed by atoms with Crippen molar-refractivity contribution in [1.82, 2.24) is 15.1 Å². The number of nitrogens with two attached hydrogens (primary N) is 1. The van der Waals surface area contributed by atoms with E-state index in [0.717, 1.165) is 75.2 Å². The fourth-order valence-corrected chi connectivity index (χ4v) is 5.90. The largest absolute Gasteiger partial charge is 0.398 e. The first kappa shape index (κ1) is 24.5. The van der Waals surface area contributed by atoms with E-state index in [2.05, 4.69) is 28.9 Å². The summed E-state index contributed by atoms with van der Waals surface area (Å²) in [5, 5.41) is 5.35. The summed E-state index contributed by atoms with van der Waals surface area (Å²) in [5.41, 5.74) is 10.8. The van der Waals surface area contributed by atoms with Crippen LogP contribution in [0.2, 0.25) is 0 Å². The van der Waals surface area contributed by atoms with Crippen LogP contribution < -0.4 is 11.1 Å². The maximum atomic E-state index is 13.0. The molecule has 7 heteroatoms. The van der Waals surface area contributed by atoms with Gasteiger partial charge in [-0.2, -0.15) is 0 Å². The number of amides is 2. The van der Waals surface area contributed by atoms with Gasteiger partial charge in [0.15, 0.2) is 5.78 Å². The van der Waals surface area contributed by atoms with E-state index in [1.807, 2.05) is 46.2 Å². The summed E-state index contributed by atoms with van der Waals surface area (Å²) in [7, 11) is 0. The highest BCUT2D eigenvalue weighted by atomic mass is 32.1. The van der Waals surface area contributed by atoms with Crippen LogP contribution in [0.4, 0.5) is 10.5 Å². The van der Waals surface area contributed by atoms with Crippen molar-refractivity contribution in [2.24, 2.45) is 5.92 Å². The van der Waals surface area contributed by atoms with E-state index in [-0.39, 0.29) is 11.8 Å². The Hall–Kier alpha value is -3.16. The molecule has 0 atom stereocenters. The highest BCUT2D eigenvalue weighted by Crippen LogP contribution is 2.28. The second kappa shape index (κ2) is 11.3. The van der Waals surface area contributed by atoms with Gasteiger partial charge in [-0.15, -0.1) is 11.3 Å². The van der Waals surface area contributed by atoms with Crippen molar-refractivity contribution in [2.45, 2.75) is 25.7 Å². The maximum Gasteiger partial charge on any atom is 0.320 e. The molecule has 36 heavy (non-hydrogen) atoms. The molecule has 2 aliphatic heterocycles. The van der Waals surface area contributed by atoms with Crippen molar-refractivity contribution >= 4 is 28.8 Å². The molecule has 0 aliphatic carbocycles. The summed E-state index contributed by atoms with van der Waals surface area (Å²) in [6, 6.07) is 18.3. The Morgan fingerprint density at radius 2 is 1.67 bits per heavy atom. The third kappa shape index (κ3) is 5.79. The first-order valence-corrected chi connectivity index (χ1v) is 13.7. The first-order chi connectivity index (χ1) is 17.6. The van der Waals surface area contributed by atoms with Crippen LogP contribution in [-0.4, -0.2) is 60.9 Å². The lowest BCUT2D eigenvalue weighted by Crippen LogP contribution is -2.53. The van der Waals surface area contributed by atoms with E-state index in [9.17, 15) is 9.59 Å². The summed E-state index contributed by atoms with van der Waals surface area (Å²) in [6.07, 6.45) is 3.33. The van der Waals surface area contributed by atoms with Crippen LogP contribution in [0.15, 0.2) is 60.0 Å². The number of Topliss-reactive ketones (excluding diaryl/α,β-unsaturated/α-hetero) is 1. The molecule has 3 aromatic rings. The Morgan fingerprint density at radius 1 is 0.944 bits per heavy atom. The van der Waals surface area contributed by atoms with Gasteiger partial charge in [0.2, 0.25) is 0 Å². The number of benzene rings is 2. The number of nitrogens with one attached hydrogen (secondary N) is 1. The first-order valence-electron chi connectivity index (χ1n) is 12.9. The van der Waals surface area contributed by atoms with Gasteiger partial charge >= 0.3 is 6.03 Å². The zero-order valence-electron chi connectivity index (χ0n) is 20.6. The van der Waals surface area contributed by atoms with Crippen LogP contribution in [0.1, 0.15) is 34.3 Å². The molecule has 2 saturated heterocycles. The standard InChI is InChI=1S/C29H34N4O2S/c30-26-8-7-24(28-2-1-17-36-28)19-25(26)20-27(34)23-5-3-21(4-6-23)18-22-9-13-32(14-10-22)29(35)33-15-11-31-12-16-33/h1-8,17,19,22,31H,9-16,18,20,30H2. The molecule has 3 N–H and O–H groups in total. The summed E-state index contributed by atoms with van der Waals surface area (Å²) < 4.78 is 0. The van der Waals surface area contributed by atoms with Crippen LogP contribution in [0, 0.1) is 5.92 Å². The Bertz CT molecular complexity index is 1180. The van der Waals surface area contributed by atoms with Crippen molar-refractivity contribution in [3.8, 4) is 10.4 Å². The van der Waals surface area contributed by atoms with Crippen molar-refractivity contribution in [1.29, 1.82) is 0 Å². The van der Waals surface area contributed by atoms with E-state index in [1.165, 1.54) is 10.4 Å². The number of urea groups is 1. The topological polar surface area (TPSA) is 78.7 Å². The van der Waals surface area contributed by atoms with Gasteiger partial charge in [-0.25, -0.2) is 4.79 Å². The van der Waals surface area contributed by atoms with Crippen LogP contribution >= 0.6 is 11.3 Å². The summed E-state index contributed by atoms with van der Waals surface area (Å²) in [4.78, 5) is 30.9. The highest BCUT2D eigenvalue weighted by molar-refractivity contribution is 7.13. The lowest BCUT2D eigenvalue weighted by molar-refractivity contribution is 0.0993. The van der Waals surface area contributed by atoms with Crippen LogP contribution in [0.3, 0.4) is 0 Å². The molecule has 0 saturated carbocycles. The third-order valence-electron chi connectivity index (χ3n) is 7.37. The molecule has 3 heterocycles. The average Bonchev–Trinajstić information content (AvgIpc) is 3.46. The molecule has 188 valence electrons. The Balaban J connectivity index is 1.14. The smallest absolute Gasteiger partial charge is 0.320 e. The molecule has 2 aromatic carbocycles. The number of hydrogen-bond donors (Lipinski definition) is 2. The molecule has 0 spiro atoms. The van der Waals surface area contributed by atoms with E-state index < -0.39 is 0 Å². The number of carbonyl (C=O) groups is 2. The fourth-order valence-electron chi connectivity index (χ4n) is 5.17. The van der Waals surface area contributed by atoms with Crippen LogP contribution in [-0.2, 0) is 12.8 Å². The molecule has 6 nitrogen and oxygen atoms in total. The number of nitrogen functional groups attached to an aromatic ring is 1. The predicted octanol–water partition coefficient (Wildman–Crippen LogP) is 4.70. The van der Waals surface area contributed by atoms with E-state index in [0.29, 0.717) is 18.0 Å². The number of ketones is 1. The van der Waals surface area contributed by atoms with Gasteiger partial charge in [0.25, 0.3) is 0 Å². The molecule has 2 amide bonds. The van der Waals surface area contributed by atoms with Gasteiger partial charge in [0.1, 0.15) is 0 Å². The summed E-state index contributed by atoms with van der Waals surface area (Å²) in [5.74, 6) is 0.648. The number of thiophene rings is 1. The number of anilines is 1. The molecule has 2 fully saturated rings. The SMILES string of the molecule is Nc1ccc(-c2cccs2)cc1CC(=O)c1ccc(CC2CCN(C(=O)N3CCNCC3)CC2)cc1. The van der Waals surface area contributed by atoms with Crippen LogP contribution in [0.5, 0.6) is 0 Å². The van der Waals surface area contributed by atoms with Gasteiger partial charge in [0, 0.05) is 61.8 Å². The second-order valence-corrected chi connectivity index (χ2v) is 10.8. The van der Waals surface area contributed by atoms with Crippen molar-refractivity contribution < 1.29 is 9.59 Å². The number of piperidine rings is 1. The molecule has 2 aliphatic rings. The molecule has 0 unspecified atom stereocenters. The van der Waals surface area contributed by atoms with Gasteiger partial charge in [-0.3, -0.25) is 4.79 Å². The third-order valence-corrected chi connectivity index (χ3v) is 8.29. The zero-order valence-corrected chi connectivity index (χ0v) is 21.4. The van der Waals surface area contributed by atoms with Crippen LogP contribution in [0.25, 0.3) is 10.4 Å². The molecule has 1 aromatic heterocycles. The zero-order chi connectivity index (χ0) is 24.9. The number of hydrogen-bond acceptors (Lipinski definition) is 5. The van der Waals surface area contributed by atoms with Gasteiger partial charge < -0.3 is 20.9 Å². The Kier molecular flexibility index (Phi) is 7.68. The van der Waals surface area contributed by atoms with E-state index in [1.54, 1.807) is 11.3 Å². The number of piperazine rings is 1. The average molecular weight is 503 g/mol. The second-order valence-electron chi connectivity index (χ2n) is 9.84. The molecule has 5 rings (SSSR count). The number of rotatable bonds is 6. The molecule has 0 bridgehead atoms. The van der Waals surface area contributed by atoms with E-state index >= 15 is 0 Å². The number of carbonyl (C=O) groups excluding carboxylic acids is 2. The maximum absolute atomic E-state index is 13.0. The molecular formula is C29H34N4O2S. The summed E-state index contributed by atoms with van der Waals surface area (Å²) >= 11 is 1.68. The van der Waals surface area contributed by atoms with Crippen molar-refractivity contribution in [3.63, 3.8) is 0 Å². The number of likely N-dealkylation sites (tertiary alicyclic amines) is 1. The quantitative estimate of drug-likeness (QED) is 0.378. The van der Waals surface area contributed by atoms with Gasteiger partial charge in [0.05, 0.1) is 0 Å². The van der Waals surface area contributed by atoms with Gasteiger partial charge in [-0.05, 0) is 65.4 Å². The van der Waals surface area contributed by atoms with Crippen molar-refractivity contribution in [2.75, 3.05) is 45.0 Å². The normalized spacial score (nSPS) is 16.8. The molecular weight excluding hydrogens is 468 g/mol. The predicted molar refractivity (Wildman–Crippen MR) is 146 cm³/mol. The number of nitrogens with zero attached hydrogens (tertiary/aromatic N) is 2. The van der Waals surface area contributed by atoms with Gasteiger partial charge in [-0.1, -0.05) is 36.4 Å². The summed E-state index contributed by atoms with van der Waals surface area (Å²) in [6.45, 7) is 5.03. The fraction of sp³-hybridized carbons (Fsp3) is 0.379.